The Labute approximate surface area is 87.5 Å². The van der Waals surface area contributed by atoms with E-state index in [0.29, 0.717) is 11.8 Å². The van der Waals surface area contributed by atoms with Crippen LogP contribution < -0.4 is 0 Å². The minimum absolute atomic E-state index is 0.00125. The number of hydrogen-bond acceptors (Lipinski definition) is 3. The zero-order valence-corrected chi connectivity index (χ0v) is 9.64. The third kappa shape index (κ3) is 2.20. The Morgan fingerprint density at radius 1 is 1.46 bits per heavy atom. The van der Waals surface area contributed by atoms with Gasteiger partial charge in [-0.3, -0.25) is 0 Å². The number of rotatable bonds is 3. The van der Waals surface area contributed by atoms with Crippen LogP contribution in [0, 0.1) is 11.8 Å². The second-order valence-electron chi connectivity index (χ2n) is 3.87. The molecule has 1 aliphatic heterocycles. The van der Waals surface area contributed by atoms with Crippen molar-refractivity contribution >= 4 is 12.5 Å². The molecule has 0 aromatic rings. The molecule has 0 amide bonds. The molecular formula is C10H20O2S. The van der Waals surface area contributed by atoms with Crippen molar-refractivity contribution in [1.29, 1.82) is 1.12 Å². The first-order chi connectivity index (χ1) is 6.65. The SMILES string of the molecule is [2H]SC1OC(CC)C(OC)C(C)C1C. The van der Waals surface area contributed by atoms with Gasteiger partial charge < -0.3 is 9.47 Å². The van der Waals surface area contributed by atoms with Crippen LogP contribution in [0.25, 0.3) is 0 Å². The summed E-state index contributed by atoms with van der Waals surface area (Å²) in [5.74, 6) is 0.840. The van der Waals surface area contributed by atoms with Crippen molar-refractivity contribution in [1.82, 2.24) is 0 Å². The van der Waals surface area contributed by atoms with Crippen molar-refractivity contribution in [2.24, 2.45) is 11.8 Å². The van der Waals surface area contributed by atoms with E-state index in [1.54, 1.807) is 7.11 Å². The maximum absolute atomic E-state index is 7.36. The van der Waals surface area contributed by atoms with E-state index in [4.69, 9.17) is 10.6 Å². The fraction of sp³-hybridized carbons (Fsp3) is 1.00. The highest BCUT2D eigenvalue weighted by Gasteiger charge is 2.39. The fourth-order valence-corrected chi connectivity index (χ4v) is 2.34. The Hall–Kier alpha value is 0.270. The highest BCUT2D eigenvalue weighted by atomic mass is 32.1. The van der Waals surface area contributed by atoms with Crippen LogP contribution in [0.3, 0.4) is 0 Å². The molecule has 1 fully saturated rings. The van der Waals surface area contributed by atoms with E-state index in [1.807, 2.05) is 0 Å². The van der Waals surface area contributed by atoms with Gasteiger partial charge in [-0.1, -0.05) is 20.8 Å². The summed E-state index contributed by atoms with van der Waals surface area (Å²) in [7, 11) is 1.74. The molecule has 0 aromatic heterocycles. The molecule has 78 valence electrons. The highest BCUT2D eigenvalue weighted by molar-refractivity contribution is 7.80. The molecule has 13 heavy (non-hydrogen) atoms. The summed E-state index contributed by atoms with van der Waals surface area (Å²) >= 11 is 1.06. The molecule has 5 atom stereocenters. The minimum atomic E-state index is 0.00125. The molecule has 3 heteroatoms. The van der Waals surface area contributed by atoms with E-state index in [1.165, 1.54) is 0 Å². The van der Waals surface area contributed by atoms with Crippen molar-refractivity contribution < 1.29 is 9.47 Å². The van der Waals surface area contributed by atoms with Gasteiger partial charge in [-0.25, -0.2) is 0 Å². The van der Waals surface area contributed by atoms with Crippen molar-refractivity contribution in [3.05, 3.63) is 0 Å². The van der Waals surface area contributed by atoms with Gasteiger partial charge in [0.25, 0.3) is 0 Å². The van der Waals surface area contributed by atoms with Crippen LogP contribution in [0.1, 0.15) is 27.2 Å². The smallest absolute Gasteiger partial charge is 0.105 e. The second kappa shape index (κ2) is 4.67. The lowest BCUT2D eigenvalue weighted by Crippen LogP contribution is -2.48. The van der Waals surface area contributed by atoms with Gasteiger partial charge >= 0.3 is 0 Å². The second-order valence-corrected chi connectivity index (χ2v) is 4.33. The summed E-state index contributed by atoms with van der Waals surface area (Å²) in [5.41, 5.74) is 0.00125. The highest BCUT2D eigenvalue weighted by Crippen LogP contribution is 2.34. The zero-order valence-electron chi connectivity index (χ0n) is 9.82. The lowest BCUT2D eigenvalue weighted by Gasteiger charge is -2.42. The summed E-state index contributed by atoms with van der Waals surface area (Å²) in [5, 5.41) is 0. The van der Waals surface area contributed by atoms with Gasteiger partial charge in [0.15, 0.2) is 0 Å². The van der Waals surface area contributed by atoms with Gasteiger partial charge in [0, 0.05) is 7.11 Å². The number of methoxy groups -OCH3 is 1. The molecule has 5 unspecified atom stereocenters. The van der Waals surface area contributed by atoms with Gasteiger partial charge in [-0.15, -0.1) is 12.5 Å². The molecule has 0 N–H and O–H groups in total. The summed E-state index contributed by atoms with van der Waals surface area (Å²) < 4.78 is 18.7. The van der Waals surface area contributed by atoms with Crippen LogP contribution in [-0.4, -0.2) is 25.9 Å². The molecule has 0 aliphatic carbocycles. The fourth-order valence-electron chi connectivity index (χ4n) is 1.95. The maximum Gasteiger partial charge on any atom is 0.105 e. The predicted octanol–water partition coefficient (Wildman–Crippen LogP) is 2.34. The summed E-state index contributed by atoms with van der Waals surface area (Å²) in [6, 6.07) is 0. The zero-order chi connectivity index (χ0) is 10.7. The molecule has 1 heterocycles. The van der Waals surface area contributed by atoms with E-state index in [0.717, 1.165) is 19.0 Å². The molecule has 0 spiro atoms. The number of ether oxygens (including phenoxy) is 2. The molecule has 0 saturated carbocycles. The van der Waals surface area contributed by atoms with Crippen LogP contribution in [0.15, 0.2) is 0 Å². The molecular weight excluding hydrogens is 184 g/mol. The van der Waals surface area contributed by atoms with Crippen LogP contribution in [0.4, 0.5) is 0 Å². The van der Waals surface area contributed by atoms with Crippen molar-refractivity contribution in [3.63, 3.8) is 0 Å². The lowest BCUT2D eigenvalue weighted by atomic mass is 9.85. The first kappa shape index (κ1) is 9.81. The van der Waals surface area contributed by atoms with Gasteiger partial charge in [0.2, 0.25) is 0 Å². The van der Waals surface area contributed by atoms with Gasteiger partial charge in [0.05, 0.1) is 12.2 Å². The van der Waals surface area contributed by atoms with E-state index in [9.17, 15) is 0 Å². The predicted molar refractivity (Wildman–Crippen MR) is 57.1 cm³/mol. The molecule has 1 rings (SSSR count). The Kier molecular flexibility index (Phi) is 3.52. The summed E-state index contributed by atoms with van der Waals surface area (Å²) in [4.78, 5) is 0. The topological polar surface area (TPSA) is 18.5 Å². The Morgan fingerprint density at radius 3 is 2.62 bits per heavy atom. The molecule has 0 aromatic carbocycles. The van der Waals surface area contributed by atoms with Gasteiger partial charge in [-0.2, -0.15) is 0 Å². The van der Waals surface area contributed by atoms with Gasteiger partial charge in [-0.05, 0) is 18.3 Å². The van der Waals surface area contributed by atoms with Crippen LogP contribution in [-0.2, 0) is 9.47 Å². The normalized spacial score (nSPS) is 47.4. The Morgan fingerprint density at radius 2 is 2.15 bits per heavy atom. The van der Waals surface area contributed by atoms with Crippen LogP contribution >= 0.6 is 12.5 Å². The third-order valence-electron chi connectivity index (χ3n) is 3.13. The van der Waals surface area contributed by atoms with Crippen molar-refractivity contribution in [2.75, 3.05) is 7.11 Å². The third-order valence-corrected chi connectivity index (χ3v) is 3.67. The summed E-state index contributed by atoms with van der Waals surface area (Å²) in [6.07, 6.45) is 1.28. The monoisotopic (exact) mass is 205 g/mol. The van der Waals surface area contributed by atoms with E-state index >= 15 is 0 Å². The standard InChI is InChI=1S/C10H20O2S/c1-5-8-9(11-4)6(2)7(3)10(13)12-8/h6-10,13H,5H2,1-4H3/i/hD. The van der Waals surface area contributed by atoms with Crippen molar-refractivity contribution in [2.45, 2.75) is 44.8 Å². The Balaban J connectivity index is 2.71. The van der Waals surface area contributed by atoms with Crippen LogP contribution in [0.5, 0.6) is 0 Å². The van der Waals surface area contributed by atoms with E-state index < -0.39 is 0 Å². The largest absolute Gasteiger partial charge is 0.378 e. The Bertz CT molecular complexity index is 178. The first-order valence-corrected chi connectivity index (χ1v) is 5.43. The minimum Gasteiger partial charge on any atom is -0.378 e. The molecule has 0 radical (unpaired) electrons. The molecule has 2 nitrogen and oxygen atoms in total. The number of hydrogen-bond donors (Lipinski definition) is 1. The van der Waals surface area contributed by atoms with Gasteiger partial charge in [0.1, 0.15) is 6.56 Å². The van der Waals surface area contributed by atoms with Crippen LogP contribution in [0.2, 0.25) is 0 Å². The average molecular weight is 205 g/mol. The first-order valence-electron chi connectivity index (χ1n) is 5.36. The lowest BCUT2D eigenvalue weighted by molar-refractivity contribution is -0.151. The average Bonchev–Trinajstić information content (AvgIpc) is 2.21. The molecule has 1 aliphatic rings. The van der Waals surface area contributed by atoms with E-state index in [2.05, 4.69) is 20.8 Å². The molecule has 1 saturated heterocycles. The summed E-state index contributed by atoms with van der Waals surface area (Å²) in [6.45, 7) is 6.42. The van der Waals surface area contributed by atoms with E-state index in [-0.39, 0.29) is 17.6 Å². The maximum atomic E-state index is 7.36. The molecule has 0 bridgehead atoms. The number of thiol groups is 1. The van der Waals surface area contributed by atoms with Crippen molar-refractivity contribution in [3.8, 4) is 0 Å². The quantitative estimate of drug-likeness (QED) is 0.713.